The van der Waals surface area contributed by atoms with Gasteiger partial charge in [0.1, 0.15) is 25.1 Å². The molecular weight excluding hydrogens is 407 g/mol. The molecule has 21 heavy (non-hydrogen) atoms. The van der Waals surface area contributed by atoms with Crippen LogP contribution in [-0.2, 0) is 0 Å². The Hall–Kier alpha value is -1.11. The number of aliphatic hydroxyl groups is 1. The summed E-state index contributed by atoms with van der Waals surface area (Å²) >= 11 is 6.51. The molecule has 0 saturated heterocycles. The first-order valence-corrected chi connectivity index (χ1v) is 7.87. The number of hydrogen-bond acceptors (Lipinski definition) is 3. The Morgan fingerprint density at radius 2 is 1.67 bits per heavy atom. The number of ether oxygens (including phenoxy) is 2. The van der Waals surface area contributed by atoms with Gasteiger partial charge in [-0.15, -0.1) is 0 Å². The summed E-state index contributed by atoms with van der Waals surface area (Å²) in [7, 11) is 0. The topological polar surface area (TPSA) is 38.7 Å². The molecule has 0 amide bonds. The van der Waals surface area contributed by atoms with Crippen LogP contribution in [0, 0.1) is 5.82 Å². The minimum atomic E-state index is -1.10. The van der Waals surface area contributed by atoms with E-state index in [9.17, 15) is 9.50 Å². The standard InChI is InChI=1S/C15H11Br2FO3/c16-10-3-1-2-8(14(10)18)15(19)9-6-12-13(7-11(9)17)21-5-4-20-12/h1-3,6-7,15,19H,4-5H2. The van der Waals surface area contributed by atoms with Crippen molar-refractivity contribution >= 4 is 31.9 Å². The normalized spacial score (nSPS) is 14.9. The van der Waals surface area contributed by atoms with E-state index in [0.717, 1.165) is 0 Å². The van der Waals surface area contributed by atoms with Crippen LogP contribution in [0.3, 0.4) is 0 Å². The van der Waals surface area contributed by atoms with Crippen molar-refractivity contribution in [2.45, 2.75) is 6.10 Å². The van der Waals surface area contributed by atoms with Gasteiger partial charge in [-0.2, -0.15) is 0 Å². The molecule has 0 radical (unpaired) electrons. The molecular formula is C15H11Br2FO3. The first-order valence-electron chi connectivity index (χ1n) is 6.29. The molecule has 0 spiro atoms. The zero-order valence-corrected chi connectivity index (χ0v) is 13.9. The van der Waals surface area contributed by atoms with Gasteiger partial charge in [0, 0.05) is 15.6 Å². The van der Waals surface area contributed by atoms with Crippen LogP contribution < -0.4 is 9.47 Å². The Morgan fingerprint density at radius 3 is 2.38 bits per heavy atom. The average molecular weight is 418 g/mol. The largest absolute Gasteiger partial charge is 0.486 e. The van der Waals surface area contributed by atoms with Gasteiger partial charge in [0.25, 0.3) is 0 Å². The van der Waals surface area contributed by atoms with Gasteiger partial charge in [0.2, 0.25) is 0 Å². The fourth-order valence-electron chi connectivity index (χ4n) is 2.19. The van der Waals surface area contributed by atoms with Gasteiger partial charge >= 0.3 is 0 Å². The third-order valence-corrected chi connectivity index (χ3v) is 4.53. The smallest absolute Gasteiger partial charge is 0.162 e. The Morgan fingerprint density at radius 1 is 1.00 bits per heavy atom. The van der Waals surface area contributed by atoms with Crippen molar-refractivity contribution in [3.8, 4) is 11.5 Å². The maximum Gasteiger partial charge on any atom is 0.162 e. The van der Waals surface area contributed by atoms with Gasteiger partial charge in [-0.1, -0.05) is 28.1 Å². The first-order chi connectivity index (χ1) is 10.1. The molecule has 1 N–H and O–H groups in total. The molecule has 0 bridgehead atoms. The Bertz CT molecular complexity index is 691. The van der Waals surface area contributed by atoms with Crippen molar-refractivity contribution in [3.63, 3.8) is 0 Å². The molecule has 6 heteroatoms. The zero-order valence-electron chi connectivity index (χ0n) is 10.8. The molecule has 0 aromatic heterocycles. The fraction of sp³-hybridized carbons (Fsp3) is 0.200. The number of benzene rings is 2. The van der Waals surface area contributed by atoms with Crippen molar-refractivity contribution in [3.05, 3.63) is 56.2 Å². The van der Waals surface area contributed by atoms with E-state index in [1.807, 2.05) is 0 Å². The Balaban J connectivity index is 2.05. The van der Waals surface area contributed by atoms with E-state index in [1.54, 1.807) is 30.3 Å². The van der Waals surface area contributed by atoms with Gasteiger partial charge in [-0.05, 0) is 34.1 Å². The number of halogens is 3. The van der Waals surface area contributed by atoms with Crippen LogP contribution >= 0.6 is 31.9 Å². The summed E-state index contributed by atoms with van der Waals surface area (Å²) in [6.07, 6.45) is -1.10. The molecule has 1 atom stereocenters. The minimum Gasteiger partial charge on any atom is -0.486 e. The molecule has 0 saturated carbocycles. The molecule has 1 aliphatic heterocycles. The van der Waals surface area contributed by atoms with Gasteiger partial charge in [-0.3, -0.25) is 0 Å². The van der Waals surface area contributed by atoms with Gasteiger partial charge in [0.15, 0.2) is 11.5 Å². The van der Waals surface area contributed by atoms with E-state index < -0.39 is 11.9 Å². The fourth-order valence-corrected chi connectivity index (χ4v) is 3.11. The van der Waals surface area contributed by atoms with Crippen molar-refractivity contribution in [1.29, 1.82) is 0 Å². The number of aliphatic hydroxyl groups excluding tert-OH is 1. The van der Waals surface area contributed by atoms with Crippen LogP contribution in [0.15, 0.2) is 39.3 Å². The van der Waals surface area contributed by atoms with Crippen LogP contribution in [0.2, 0.25) is 0 Å². The van der Waals surface area contributed by atoms with Crippen molar-refractivity contribution < 1.29 is 19.0 Å². The van der Waals surface area contributed by atoms with E-state index in [4.69, 9.17) is 9.47 Å². The van der Waals surface area contributed by atoms with E-state index >= 15 is 0 Å². The Kier molecular flexibility index (Phi) is 4.19. The molecule has 1 unspecified atom stereocenters. The summed E-state index contributed by atoms with van der Waals surface area (Å²) < 4.78 is 26.0. The van der Waals surface area contributed by atoms with Crippen LogP contribution in [0.4, 0.5) is 4.39 Å². The molecule has 2 aromatic carbocycles. The minimum absolute atomic E-state index is 0.196. The highest BCUT2D eigenvalue weighted by molar-refractivity contribution is 9.10. The predicted octanol–water partition coefficient (Wildman–Crippen LogP) is 4.20. The quantitative estimate of drug-likeness (QED) is 0.795. The van der Waals surface area contributed by atoms with Crippen LogP contribution in [0.25, 0.3) is 0 Å². The third kappa shape index (κ3) is 2.80. The second-order valence-electron chi connectivity index (χ2n) is 4.56. The SMILES string of the molecule is OC(c1cc2c(cc1Br)OCCO2)c1cccc(Br)c1F. The lowest BCUT2D eigenvalue weighted by Crippen LogP contribution is -2.16. The second-order valence-corrected chi connectivity index (χ2v) is 6.27. The highest BCUT2D eigenvalue weighted by Crippen LogP contribution is 2.40. The number of rotatable bonds is 2. The number of hydrogen-bond donors (Lipinski definition) is 1. The summed E-state index contributed by atoms with van der Waals surface area (Å²) in [5.74, 6) is 0.680. The van der Waals surface area contributed by atoms with Crippen molar-refractivity contribution in [2.24, 2.45) is 0 Å². The lowest BCUT2D eigenvalue weighted by Gasteiger charge is -2.22. The summed E-state index contributed by atoms with van der Waals surface area (Å²) in [5.41, 5.74) is 0.720. The molecule has 0 aliphatic carbocycles. The average Bonchev–Trinajstić information content (AvgIpc) is 2.48. The van der Waals surface area contributed by atoms with E-state index in [2.05, 4.69) is 31.9 Å². The summed E-state index contributed by atoms with van der Waals surface area (Å²) in [5, 5.41) is 10.5. The zero-order chi connectivity index (χ0) is 15.0. The first kappa shape index (κ1) is 14.8. The second kappa shape index (κ2) is 5.94. The van der Waals surface area contributed by atoms with Crippen molar-refractivity contribution in [2.75, 3.05) is 13.2 Å². The van der Waals surface area contributed by atoms with Gasteiger partial charge in [0.05, 0.1) is 4.47 Å². The van der Waals surface area contributed by atoms with E-state index in [1.165, 1.54) is 0 Å². The maximum absolute atomic E-state index is 14.1. The lowest BCUT2D eigenvalue weighted by atomic mass is 10.0. The van der Waals surface area contributed by atoms with Crippen LogP contribution in [0.5, 0.6) is 11.5 Å². The summed E-state index contributed by atoms with van der Waals surface area (Å²) in [4.78, 5) is 0. The molecule has 0 fully saturated rings. The molecule has 3 nitrogen and oxygen atoms in total. The molecule has 3 rings (SSSR count). The predicted molar refractivity (Wildman–Crippen MR) is 83.3 cm³/mol. The highest BCUT2D eigenvalue weighted by atomic mass is 79.9. The Labute approximate surface area is 137 Å². The van der Waals surface area contributed by atoms with E-state index in [0.29, 0.717) is 39.2 Å². The van der Waals surface area contributed by atoms with Crippen LogP contribution in [-0.4, -0.2) is 18.3 Å². The lowest BCUT2D eigenvalue weighted by molar-refractivity contribution is 0.169. The third-order valence-electron chi connectivity index (χ3n) is 3.23. The van der Waals surface area contributed by atoms with Gasteiger partial charge < -0.3 is 14.6 Å². The summed E-state index contributed by atoms with van der Waals surface area (Å²) in [6, 6.07) is 8.21. The molecule has 110 valence electrons. The van der Waals surface area contributed by atoms with E-state index in [-0.39, 0.29) is 5.56 Å². The molecule has 1 heterocycles. The molecule has 1 aliphatic rings. The monoisotopic (exact) mass is 416 g/mol. The van der Waals surface area contributed by atoms with Crippen molar-refractivity contribution in [1.82, 2.24) is 0 Å². The maximum atomic E-state index is 14.1. The van der Waals surface area contributed by atoms with Crippen LogP contribution in [0.1, 0.15) is 17.2 Å². The van der Waals surface area contributed by atoms with Gasteiger partial charge in [-0.25, -0.2) is 4.39 Å². The molecule has 2 aromatic rings. The highest BCUT2D eigenvalue weighted by Gasteiger charge is 2.22. The number of fused-ring (bicyclic) bond motifs is 1. The summed E-state index contributed by atoms with van der Waals surface area (Å²) in [6.45, 7) is 0.941.